The number of carboxylic acid groups (broad SMARTS) is 1. The third-order valence-corrected chi connectivity index (χ3v) is 1.82. The molecule has 0 spiro atoms. The number of rotatable bonds is 7. The summed E-state index contributed by atoms with van der Waals surface area (Å²) in [5.74, 6) is -0.737. The van der Waals surface area contributed by atoms with Crippen molar-refractivity contribution in [2.75, 3.05) is 13.1 Å². The summed E-state index contributed by atoms with van der Waals surface area (Å²) in [5.41, 5.74) is 0. The van der Waals surface area contributed by atoms with Crippen molar-refractivity contribution >= 4 is 5.97 Å². The Morgan fingerprint density at radius 1 is 1.50 bits per heavy atom. The zero-order valence-corrected chi connectivity index (χ0v) is 8.02. The van der Waals surface area contributed by atoms with Gasteiger partial charge in [0, 0.05) is 25.4 Å². The number of hydrogen-bond acceptors (Lipinski definition) is 3. The molecule has 78 valence electrons. The molecule has 0 aliphatic rings. The van der Waals surface area contributed by atoms with Gasteiger partial charge in [-0.15, -0.1) is 0 Å². The molecule has 0 bridgehead atoms. The fourth-order valence-corrected chi connectivity index (χ4v) is 1.12. The summed E-state index contributed by atoms with van der Waals surface area (Å²) in [6.45, 7) is 2.38. The number of nitrogens with one attached hydrogen (secondary N) is 1. The summed E-state index contributed by atoms with van der Waals surface area (Å²) < 4.78 is 1.84. The predicted octanol–water partition coefficient (Wildman–Crippen LogP) is 0.337. The smallest absolute Gasteiger partial charge is 0.303 e. The van der Waals surface area contributed by atoms with Crippen LogP contribution in [0, 0.1) is 0 Å². The molecule has 14 heavy (non-hydrogen) atoms. The lowest BCUT2D eigenvalue weighted by Gasteiger charge is -2.03. The number of carbonyl (C=O) groups is 1. The SMILES string of the molecule is O=C(O)CCCNCCn1cccn1. The van der Waals surface area contributed by atoms with Crippen LogP contribution in [-0.2, 0) is 11.3 Å². The van der Waals surface area contributed by atoms with Gasteiger partial charge in [0.1, 0.15) is 0 Å². The molecular weight excluding hydrogens is 182 g/mol. The Kier molecular flexibility index (Phi) is 4.71. The molecule has 2 N–H and O–H groups in total. The first-order valence-corrected chi connectivity index (χ1v) is 4.69. The number of aliphatic carboxylic acids is 1. The van der Waals surface area contributed by atoms with Crippen LogP contribution in [0.25, 0.3) is 0 Å². The van der Waals surface area contributed by atoms with E-state index in [2.05, 4.69) is 10.4 Å². The molecule has 0 aliphatic heterocycles. The van der Waals surface area contributed by atoms with Crippen molar-refractivity contribution < 1.29 is 9.90 Å². The Morgan fingerprint density at radius 2 is 2.36 bits per heavy atom. The second kappa shape index (κ2) is 6.15. The van der Waals surface area contributed by atoms with E-state index >= 15 is 0 Å². The average Bonchev–Trinajstić information content (AvgIpc) is 2.63. The number of aromatic nitrogens is 2. The molecule has 0 saturated heterocycles. The van der Waals surface area contributed by atoms with Crippen molar-refractivity contribution in [2.24, 2.45) is 0 Å². The number of nitrogens with zero attached hydrogens (tertiary/aromatic N) is 2. The third kappa shape index (κ3) is 4.61. The van der Waals surface area contributed by atoms with Gasteiger partial charge in [-0.25, -0.2) is 0 Å². The Balaban J connectivity index is 1.92. The zero-order chi connectivity index (χ0) is 10.2. The predicted molar refractivity (Wildman–Crippen MR) is 52.0 cm³/mol. The van der Waals surface area contributed by atoms with Crippen LogP contribution in [-0.4, -0.2) is 33.9 Å². The normalized spacial score (nSPS) is 10.3. The molecule has 1 rings (SSSR count). The highest BCUT2D eigenvalue weighted by molar-refractivity contribution is 5.66. The first-order valence-electron chi connectivity index (χ1n) is 4.69. The van der Waals surface area contributed by atoms with Crippen LogP contribution in [0.5, 0.6) is 0 Å². The standard InChI is InChI=1S/C9H15N3O2/c13-9(14)3-1-4-10-6-8-12-7-2-5-11-12/h2,5,7,10H,1,3-4,6,8H2,(H,13,14). The van der Waals surface area contributed by atoms with Gasteiger partial charge in [-0.1, -0.05) is 0 Å². The largest absolute Gasteiger partial charge is 0.481 e. The average molecular weight is 197 g/mol. The van der Waals surface area contributed by atoms with Crippen LogP contribution in [0.15, 0.2) is 18.5 Å². The first-order chi connectivity index (χ1) is 6.79. The second-order valence-corrected chi connectivity index (χ2v) is 3.02. The summed E-state index contributed by atoms with van der Waals surface area (Å²) in [4.78, 5) is 10.2. The second-order valence-electron chi connectivity index (χ2n) is 3.02. The summed E-state index contributed by atoms with van der Waals surface area (Å²) >= 11 is 0. The lowest BCUT2D eigenvalue weighted by Crippen LogP contribution is -2.21. The van der Waals surface area contributed by atoms with E-state index in [1.54, 1.807) is 6.20 Å². The summed E-state index contributed by atoms with van der Waals surface area (Å²) in [6.07, 6.45) is 4.55. The molecule has 1 aromatic heterocycles. The monoisotopic (exact) mass is 197 g/mol. The lowest BCUT2D eigenvalue weighted by molar-refractivity contribution is -0.137. The van der Waals surface area contributed by atoms with Gasteiger partial charge in [0.2, 0.25) is 0 Å². The van der Waals surface area contributed by atoms with Gasteiger partial charge in [0.05, 0.1) is 6.54 Å². The number of carboxylic acids is 1. The molecule has 1 aromatic rings. The van der Waals surface area contributed by atoms with Gasteiger partial charge in [-0.3, -0.25) is 9.48 Å². The van der Waals surface area contributed by atoms with E-state index in [1.807, 2.05) is 16.9 Å². The minimum absolute atomic E-state index is 0.231. The number of hydrogen-bond donors (Lipinski definition) is 2. The van der Waals surface area contributed by atoms with Crippen molar-refractivity contribution in [1.82, 2.24) is 15.1 Å². The zero-order valence-electron chi connectivity index (χ0n) is 8.02. The van der Waals surface area contributed by atoms with Crippen molar-refractivity contribution in [2.45, 2.75) is 19.4 Å². The van der Waals surface area contributed by atoms with E-state index in [9.17, 15) is 4.79 Å². The highest BCUT2D eigenvalue weighted by atomic mass is 16.4. The minimum Gasteiger partial charge on any atom is -0.481 e. The van der Waals surface area contributed by atoms with E-state index in [1.165, 1.54) is 0 Å². The molecule has 0 aromatic carbocycles. The molecular formula is C9H15N3O2. The molecule has 5 heteroatoms. The summed E-state index contributed by atoms with van der Waals surface area (Å²) in [7, 11) is 0. The van der Waals surface area contributed by atoms with Gasteiger partial charge >= 0.3 is 5.97 Å². The molecule has 0 atom stereocenters. The maximum atomic E-state index is 10.2. The van der Waals surface area contributed by atoms with E-state index in [0.29, 0.717) is 6.42 Å². The topological polar surface area (TPSA) is 67.2 Å². The molecule has 5 nitrogen and oxygen atoms in total. The third-order valence-electron chi connectivity index (χ3n) is 1.82. The summed E-state index contributed by atoms with van der Waals surface area (Å²) in [6, 6.07) is 1.88. The molecule has 0 fully saturated rings. The van der Waals surface area contributed by atoms with E-state index in [0.717, 1.165) is 19.6 Å². The van der Waals surface area contributed by atoms with Gasteiger partial charge in [-0.05, 0) is 19.0 Å². The molecule has 1 heterocycles. The van der Waals surface area contributed by atoms with Crippen molar-refractivity contribution in [1.29, 1.82) is 0 Å². The molecule has 0 unspecified atom stereocenters. The van der Waals surface area contributed by atoms with Gasteiger partial charge in [0.15, 0.2) is 0 Å². The van der Waals surface area contributed by atoms with Gasteiger partial charge in [-0.2, -0.15) is 5.10 Å². The first kappa shape index (κ1) is 10.7. The Hall–Kier alpha value is -1.36. The molecule has 0 saturated carbocycles. The van der Waals surface area contributed by atoms with E-state index in [4.69, 9.17) is 5.11 Å². The Bertz CT molecular complexity index is 259. The fraction of sp³-hybridized carbons (Fsp3) is 0.556. The quantitative estimate of drug-likeness (QED) is 0.618. The van der Waals surface area contributed by atoms with Gasteiger partial charge < -0.3 is 10.4 Å². The van der Waals surface area contributed by atoms with Crippen LogP contribution in [0.1, 0.15) is 12.8 Å². The Labute approximate surface area is 82.7 Å². The summed E-state index contributed by atoms with van der Waals surface area (Å²) in [5, 5.41) is 15.6. The Morgan fingerprint density at radius 3 is 3.00 bits per heavy atom. The maximum absolute atomic E-state index is 10.2. The highest BCUT2D eigenvalue weighted by Gasteiger charge is 1.95. The van der Waals surface area contributed by atoms with E-state index < -0.39 is 5.97 Å². The lowest BCUT2D eigenvalue weighted by atomic mass is 10.3. The van der Waals surface area contributed by atoms with Gasteiger partial charge in [0.25, 0.3) is 0 Å². The van der Waals surface area contributed by atoms with E-state index in [-0.39, 0.29) is 6.42 Å². The molecule has 0 radical (unpaired) electrons. The van der Waals surface area contributed by atoms with Crippen LogP contribution >= 0.6 is 0 Å². The van der Waals surface area contributed by atoms with Crippen LogP contribution in [0.3, 0.4) is 0 Å². The maximum Gasteiger partial charge on any atom is 0.303 e. The van der Waals surface area contributed by atoms with Crippen LogP contribution in [0.2, 0.25) is 0 Å². The fourth-order valence-electron chi connectivity index (χ4n) is 1.12. The van der Waals surface area contributed by atoms with Crippen molar-refractivity contribution in [3.05, 3.63) is 18.5 Å². The highest BCUT2D eigenvalue weighted by Crippen LogP contribution is 1.86. The molecule has 0 amide bonds. The van der Waals surface area contributed by atoms with Crippen LogP contribution < -0.4 is 5.32 Å². The van der Waals surface area contributed by atoms with Crippen LogP contribution in [0.4, 0.5) is 0 Å². The minimum atomic E-state index is -0.737. The van der Waals surface area contributed by atoms with Crippen molar-refractivity contribution in [3.8, 4) is 0 Å². The van der Waals surface area contributed by atoms with Crippen molar-refractivity contribution in [3.63, 3.8) is 0 Å². The molecule has 0 aliphatic carbocycles.